The molecule has 0 aromatic heterocycles. The molecule has 0 amide bonds. The number of rotatable bonds is 4. The van der Waals surface area contributed by atoms with Crippen LogP contribution < -0.4 is 4.74 Å². The highest BCUT2D eigenvalue weighted by molar-refractivity contribution is 5.58. The summed E-state index contributed by atoms with van der Waals surface area (Å²) in [6.45, 7) is 1.36. The zero-order valence-electron chi connectivity index (χ0n) is 11.2. The molecule has 0 saturated carbocycles. The van der Waals surface area contributed by atoms with E-state index in [0.29, 0.717) is 0 Å². The zero-order valence-corrected chi connectivity index (χ0v) is 11.2. The lowest BCUT2D eigenvalue weighted by Gasteiger charge is -2.10. The van der Waals surface area contributed by atoms with Gasteiger partial charge in [-0.25, -0.2) is 4.39 Å². The molecular formula is C15H11FN2O3. The van der Waals surface area contributed by atoms with Gasteiger partial charge in [-0.2, -0.15) is 5.26 Å². The standard InChI is InChI=1S/C15H11FN2O3/c1-10-14(16)13(7-12(8-17)15(10)18(19)20)21-9-11-5-3-2-4-6-11/h2-7H,9H2,1H3. The van der Waals surface area contributed by atoms with Gasteiger partial charge in [0.15, 0.2) is 11.6 Å². The van der Waals surface area contributed by atoms with Crippen LogP contribution in [0.3, 0.4) is 0 Å². The van der Waals surface area contributed by atoms with Crippen molar-refractivity contribution in [1.82, 2.24) is 0 Å². The Morgan fingerprint density at radius 1 is 1.38 bits per heavy atom. The molecule has 0 aliphatic carbocycles. The lowest BCUT2D eigenvalue weighted by molar-refractivity contribution is -0.385. The van der Waals surface area contributed by atoms with Crippen molar-refractivity contribution in [2.75, 3.05) is 0 Å². The fraction of sp³-hybridized carbons (Fsp3) is 0.133. The Balaban J connectivity index is 2.35. The number of hydrogen-bond acceptors (Lipinski definition) is 4. The van der Waals surface area contributed by atoms with Crippen molar-refractivity contribution in [2.45, 2.75) is 13.5 Å². The smallest absolute Gasteiger partial charge is 0.293 e. The van der Waals surface area contributed by atoms with Crippen molar-refractivity contribution in [3.05, 3.63) is 69.0 Å². The third-order valence-corrected chi connectivity index (χ3v) is 2.97. The van der Waals surface area contributed by atoms with Crippen LogP contribution >= 0.6 is 0 Å². The summed E-state index contributed by atoms with van der Waals surface area (Å²) in [7, 11) is 0. The van der Waals surface area contributed by atoms with Gasteiger partial charge in [0.2, 0.25) is 0 Å². The highest BCUT2D eigenvalue weighted by Crippen LogP contribution is 2.32. The van der Waals surface area contributed by atoms with Crippen molar-refractivity contribution >= 4 is 5.69 Å². The molecule has 2 aromatic carbocycles. The fourth-order valence-electron chi connectivity index (χ4n) is 1.91. The predicted octanol–water partition coefficient (Wildman–Crippen LogP) is 3.49. The van der Waals surface area contributed by atoms with Crippen LogP contribution in [0.4, 0.5) is 10.1 Å². The first-order valence-corrected chi connectivity index (χ1v) is 6.09. The molecule has 0 unspecified atom stereocenters. The Bertz CT molecular complexity index is 724. The van der Waals surface area contributed by atoms with Crippen LogP contribution in [0.2, 0.25) is 0 Å². The summed E-state index contributed by atoms with van der Waals surface area (Å²) in [6.07, 6.45) is 0. The molecule has 106 valence electrons. The number of ether oxygens (including phenoxy) is 1. The van der Waals surface area contributed by atoms with Gasteiger partial charge in [0.1, 0.15) is 18.2 Å². The van der Waals surface area contributed by atoms with Crippen LogP contribution in [0.15, 0.2) is 36.4 Å². The van der Waals surface area contributed by atoms with Gasteiger partial charge in [-0.05, 0) is 12.5 Å². The minimum absolute atomic E-state index is 0.111. The highest BCUT2D eigenvalue weighted by atomic mass is 19.1. The van der Waals surface area contributed by atoms with E-state index in [0.717, 1.165) is 11.6 Å². The van der Waals surface area contributed by atoms with Gasteiger partial charge in [-0.3, -0.25) is 10.1 Å². The van der Waals surface area contributed by atoms with E-state index in [1.165, 1.54) is 6.92 Å². The van der Waals surface area contributed by atoms with Crippen molar-refractivity contribution in [3.63, 3.8) is 0 Å². The van der Waals surface area contributed by atoms with Crippen molar-refractivity contribution in [3.8, 4) is 11.8 Å². The van der Waals surface area contributed by atoms with Crippen LogP contribution in [-0.4, -0.2) is 4.92 Å². The molecule has 2 aromatic rings. The summed E-state index contributed by atoms with van der Waals surface area (Å²) in [4.78, 5) is 10.1. The van der Waals surface area contributed by atoms with E-state index in [1.807, 2.05) is 18.2 Å². The second-order valence-corrected chi connectivity index (χ2v) is 4.35. The average molecular weight is 286 g/mol. The molecule has 6 heteroatoms. The topological polar surface area (TPSA) is 76.2 Å². The minimum Gasteiger partial charge on any atom is -0.486 e. The number of nitriles is 1. The van der Waals surface area contributed by atoms with Gasteiger partial charge < -0.3 is 4.74 Å². The molecule has 0 saturated heterocycles. The summed E-state index contributed by atoms with van der Waals surface area (Å²) < 4.78 is 19.4. The van der Waals surface area contributed by atoms with Gasteiger partial charge in [0.05, 0.1) is 10.5 Å². The maximum Gasteiger partial charge on any atom is 0.293 e. The fourth-order valence-corrected chi connectivity index (χ4v) is 1.91. The van der Waals surface area contributed by atoms with Crippen molar-refractivity contribution < 1.29 is 14.1 Å². The molecule has 0 radical (unpaired) electrons. The first-order chi connectivity index (χ1) is 10.0. The number of nitrogens with zero attached hydrogens (tertiary/aromatic N) is 2. The quantitative estimate of drug-likeness (QED) is 0.636. The van der Waals surface area contributed by atoms with E-state index in [2.05, 4.69) is 0 Å². The number of benzene rings is 2. The van der Waals surface area contributed by atoms with E-state index in [-0.39, 0.29) is 23.5 Å². The molecule has 0 heterocycles. The van der Waals surface area contributed by atoms with E-state index >= 15 is 0 Å². The van der Waals surface area contributed by atoms with Gasteiger partial charge in [-0.15, -0.1) is 0 Å². The highest BCUT2D eigenvalue weighted by Gasteiger charge is 2.24. The maximum absolute atomic E-state index is 14.1. The van der Waals surface area contributed by atoms with Crippen LogP contribution in [0.25, 0.3) is 0 Å². The summed E-state index contributed by atoms with van der Waals surface area (Å²) in [6, 6.07) is 11.8. The monoisotopic (exact) mass is 286 g/mol. The van der Waals surface area contributed by atoms with Crippen molar-refractivity contribution in [1.29, 1.82) is 5.26 Å². The lowest BCUT2D eigenvalue weighted by atomic mass is 10.1. The average Bonchev–Trinajstić information content (AvgIpc) is 2.49. The predicted molar refractivity (Wildman–Crippen MR) is 73.3 cm³/mol. The molecule has 2 rings (SSSR count). The van der Waals surface area contributed by atoms with E-state index in [9.17, 15) is 14.5 Å². The Morgan fingerprint density at radius 3 is 2.62 bits per heavy atom. The van der Waals surface area contributed by atoms with Gasteiger partial charge in [0.25, 0.3) is 5.69 Å². The Labute approximate surface area is 120 Å². The third kappa shape index (κ3) is 2.98. The minimum atomic E-state index is -0.823. The number of halogens is 1. The Kier molecular flexibility index (Phi) is 4.14. The summed E-state index contributed by atoms with van der Waals surface area (Å²) >= 11 is 0. The van der Waals surface area contributed by atoms with Crippen LogP contribution in [0.1, 0.15) is 16.7 Å². The number of nitro benzene ring substituents is 1. The van der Waals surface area contributed by atoms with E-state index < -0.39 is 16.4 Å². The molecule has 0 bridgehead atoms. The maximum atomic E-state index is 14.1. The lowest BCUT2D eigenvalue weighted by Crippen LogP contribution is -2.03. The molecule has 0 aliphatic rings. The Morgan fingerprint density at radius 2 is 2.05 bits per heavy atom. The summed E-state index contributed by atoms with van der Waals surface area (Å²) in [5.74, 6) is -0.991. The molecular weight excluding hydrogens is 275 g/mol. The van der Waals surface area contributed by atoms with Crippen molar-refractivity contribution in [2.24, 2.45) is 0 Å². The van der Waals surface area contributed by atoms with Crippen LogP contribution in [-0.2, 0) is 6.61 Å². The molecule has 0 spiro atoms. The van der Waals surface area contributed by atoms with Gasteiger partial charge >= 0.3 is 0 Å². The second kappa shape index (κ2) is 6.01. The summed E-state index contributed by atoms with van der Waals surface area (Å²) in [5, 5.41) is 19.9. The molecule has 0 aliphatic heterocycles. The normalized spacial score (nSPS) is 9.95. The second-order valence-electron chi connectivity index (χ2n) is 4.35. The van der Waals surface area contributed by atoms with Gasteiger partial charge in [-0.1, -0.05) is 30.3 Å². The molecule has 0 N–H and O–H groups in total. The van der Waals surface area contributed by atoms with Gasteiger partial charge in [0, 0.05) is 6.07 Å². The number of nitro groups is 1. The van der Waals surface area contributed by atoms with E-state index in [1.54, 1.807) is 18.2 Å². The summed E-state index contributed by atoms with van der Waals surface area (Å²) in [5.41, 5.74) is -0.127. The molecule has 0 fully saturated rings. The van der Waals surface area contributed by atoms with Crippen LogP contribution in [0.5, 0.6) is 5.75 Å². The SMILES string of the molecule is Cc1c(F)c(OCc2ccccc2)cc(C#N)c1[N+](=O)[O-]. The molecule has 0 atom stereocenters. The zero-order chi connectivity index (χ0) is 15.4. The molecule has 5 nitrogen and oxygen atoms in total. The molecule has 21 heavy (non-hydrogen) atoms. The largest absolute Gasteiger partial charge is 0.486 e. The number of hydrogen-bond donors (Lipinski definition) is 0. The third-order valence-electron chi connectivity index (χ3n) is 2.97. The van der Waals surface area contributed by atoms with E-state index in [4.69, 9.17) is 10.00 Å². The Hall–Kier alpha value is -2.94. The van der Waals surface area contributed by atoms with Crippen LogP contribution in [0, 0.1) is 34.2 Å². The first-order valence-electron chi connectivity index (χ1n) is 6.09. The first kappa shape index (κ1) is 14.5.